The van der Waals surface area contributed by atoms with Crippen molar-refractivity contribution in [3.05, 3.63) is 64.7 Å². The molecule has 8 heteroatoms. The van der Waals surface area contributed by atoms with Crippen molar-refractivity contribution in [1.29, 1.82) is 0 Å². The lowest BCUT2D eigenvalue weighted by molar-refractivity contribution is -0.142. The molecule has 1 amide bonds. The highest BCUT2D eigenvalue weighted by Crippen LogP contribution is 2.48. The van der Waals surface area contributed by atoms with Gasteiger partial charge in [0.15, 0.2) is 0 Å². The molecule has 2 aromatic carbocycles. The number of nitrogens with two attached hydrogens (primary N) is 1. The summed E-state index contributed by atoms with van der Waals surface area (Å²) in [4.78, 5) is 14.1. The Balaban J connectivity index is 0.000000180. The first-order valence-electron chi connectivity index (χ1n) is 8.46. The Kier molecular flexibility index (Phi) is 5.31. The van der Waals surface area contributed by atoms with E-state index in [4.69, 9.17) is 21.9 Å². The van der Waals surface area contributed by atoms with Gasteiger partial charge in [-0.05, 0) is 48.2 Å². The molecule has 2 aliphatic rings. The molecule has 144 valence electrons. The maximum Gasteiger partial charge on any atom is 0.294 e. The third-order valence-corrected chi connectivity index (χ3v) is 6.12. The number of amides is 1. The monoisotopic (exact) mass is 408 g/mol. The maximum absolute atomic E-state index is 12.4. The summed E-state index contributed by atoms with van der Waals surface area (Å²) < 4.78 is 29.2. The Labute approximate surface area is 163 Å². The van der Waals surface area contributed by atoms with Crippen LogP contribution in [0.1, 0.15) is 24.0 Å². The normalized spacial score (nSPS) is 23.9. The van der Waals surface area contributed by atoms with Crippen molar-refractivity contribution in [3.8, 4) is 0 Å². The van der Waals surface area contributed by atoms with Crippen molar-refractivity contribution < 1.29 is 17.8 Å². The fraction of sp³-hybridized carbons (Fsp3) is 0.316. The van der Waals surface area contributed by atoms with Gasteiger partial charge < -0.3 is 10.6 Å². The molecule has 1 heterocycles. The van der Waals surface area contributed by atoms with Gasteiger partial charge in [0.05, 0.1) is 10.3 Å². The fourth-order valence-electron chi connectivity index (χ4n) is 3.76. The van der Waals surface area contributed by atoms with Crippen molar-refractivity contribution in [2.75, 3.05) is 7.05 Å². The number of carbonyl (C=O) groups is 1. The molecule has 0 atom stereocenters. The van der Waals surface area contributed by atoms with E-state index in [9.17, 15) is 13.2 Å². The highest BCUT2D eigenvalue weighted by molar-refractivity contribution is 7.85. The van der Waals surface area contributed by atoms with E-state index in [-0.39, 0.29) is 16.8 Å². The highest BCUT2D eigenvalue weighted by atomic mass is 35.5. The average molecular weight is 409 g/mol. The fourth-order valence-corrected chi connectivity index (χ4v) is 4.44. The van der Waals surface area contributed by atoms with Crippen LogP contribution in [-0.4, -0.2) is 36.9 Å². The van der Waals surface area contributed by atoms with Crippen LogP contribution in [0.2, 0.25) is 5.02 Å². The van der Waals surface area contributed by atoms with Gasteiger partial charge in [0.25, 0.3) is 10.1 Å². The summed E-state index contributed by atoms with van der Waals surface area (Å²) in [6.07, 6.45) is 1.48. The highest BCUT2D eigenvalue weighted by Gasteiger charge is 2.54. The van der Waals surface area contributed by atoms with Crippen molar-refractivity contribution >= 4 is 27.6 Å². The zero-order valence-electron chi connectivity index (χ0n) is 14.8. The molecule has 2 aromatic rings. The van der Waals surface area contributed by atoms with Crippen LogP contribution in [0.5, 0.6) is 0 Å². The summed E-state index contributed by atoms with van der Waals surface area (Å²) in [5.41, 5.74) is 7.78. The van der Waals surface area contributed by atoms with Gasteiger partial charge in [-0.2, -0.15) is 8.42 Å². The van der Waals surface area contributed by atoms with E-state index in [1.54, 1.807) is 23.1 Å². The second-order valence-electron chi connectivity index (χ2n) is 7.00. The third-order valence-electron chi connectivity index (χ3n) is 5.01. The summed E-state index contributed by atoms with van der Waals surface area (Å²) in [7, 11) is -2.15. The van der Waals surface area contributed by atoms with Gasteiger partial charge >= 0.3 is 0 Å². The van der Waals surface area contributed by atoms with Crippen molar-refractivity contribution in [2.45, 2.75) is 35.7 Å². The number of rotatable bonds is 1. The molecular formula is C19H21ClN2O4S. The second-order valence-corrected chi connectivity index (χ2v) is 8.86. The molecule has 3 N–H and O–H groups in total. The molecule has 0 unspecified atom stereocenters. The van der Waals surface area contributed by atoms with Gasteiger partial charge in [0.2, 0.25) is 5.91 Å². The van der Waals surface area contributed by atoms with Gasteiger partial charge in [-0.1, -0.05) is 35.9 Å². The van der Waals surface area contributed by atoms with E-state index < -0.39 is 15.5 Å². The van der Waals surface area contributed by atoms with E-state index >= 15 is 0 Å². The molecule has 1 aliphatic heterocycles. The molecule has 1 fully saturated rings. The Bertz CT molecular complexity index is 957. The minimum Gasteiger partial charge on any atom is -0.341 e. The summed E-state index contributed by atoms with van der Waals surface area (Å²) in [6.45, 7) is 0.669. The topological polar surface area (TPSA) is 101 Å². The predicted octanol–water partition coefficient (Wildman–Crippen LogP) is 2.60. The molecule has 4 rings (SSSR count). The Hall–Kier alpha value is -1.93. The number of benzene rings is 2. The lowest BCUT2D eigenvalue weighted by Crippen LogP contribution is -2.60. The van der Waals surface area contributed by atoms with Crippen LogP contribution in [0, 0.1) is 0 Å². The quantitative estimate of drug-likeness (QED) is 0.706. The summed E-state index contributed by atoms with van der Waals surface area (Å²) in [6, 6.07) is 13.4. The number of hydrogen-bond acceptors (Lipinski definition) is 4. The Morgan fingerprint density at radius 2 is 1.81 bits per heavy atom. The Morgan fingerprint density at radius 3 is 2.33 bits per heavy atom. The molecule has 0 saturated heterocycles. The zero-order valence-corrected chi connectivity index (χ0v) is 16.4. The molecular weight excluding hydrogens is 388 g/mol. The zero-order chi connectivity index (χ0) is 19.8. The Morgan fingerprint density at radius 1 is 1.19 bits per heavy atom. The number of hydrogen-bond donors (Lipinski definition) is 2. The van der Waals surface area contributed by atoms with Crippen molar-refractivity contribution in [3.63, 3.8) is 0 Å². The minimum atomic E-state index is -4.00. The lowest BCUT2D eigenvalue weighted by Gasteiger charge is -2.50. The van der Waals surface area contributed by atoms with Crippen LogP contribution >= 0.6 is 11.6 Å². The SMILES string of the molecule is CN1Cc2ccc(Cl)cc2C2(CC(N)C2)C1=O.O=S(=O)(O)c1ccccc1. The molecule has 0 radical (unpaired) electrons. The smallest absolute Gasteiger partial charge is 0.294 e. The van der Waals surface area contributed by atoms with Crippen LogP contribution in [0.25, 0.3) is 0 Å². The van der Waals surface area contributed by atoms with E-state index in [0.717, 1.165) is 18.4 Å². The van der Waals surface area contributed by atoms with E-state index in [1.165, 1.54) is 17.7 Å². The largest absolute Gasteiger partial charge is 0.341 e. The number of nitrogens with zero attached hydrogens (tertiary/aromatic N) is 1. The summed E-state index contributed by atoms with van der Waals surface area (Å²) >= 11 is 6.05. The average Bonchev–Trinajstić information content (AvgIpc) is 2.59. The van der Waals surface area contributed by atoms with Crippen LogP contribution in [0.3, 0.4) is 0 Å². The summed E-state index contributed by atoms with van der Waals surface area (Å²) in [5.74, 6) is 0.189. The number of carbonyl (C=O) groups excluding carboxylic acids is 1. The number of fused-ring (bicyclic) bond motifs is 2. The minimum absolute atomic E-state index is 0.0741. The van der Waals surface area contributed by atoms with Crippen LogP contribution in [0.15, 0.2) is 53.4 Å². The summed E-state index contributed by atoms with van der Waals surface area (Å²) in [5, 5.41) is 0.695. The molecule has 0 bridgehead atoms. The maximum atomic E-state index is 12.4. The number of likely N-dealkylation sites (N-methyl/N-ethyl adjacent to an activating group) is 1. The van der Waals surface area contributed by atoms with Gasteiger partial charge in [-0.3, -0.25) is 9.35 Å². The van der Waals surface area contributed by atoms with E-state index in [0.29, 0.717) is 11.6 Å². The van der Waals surface area contributed by atoms with Crippen LogP contribution < -0.4 is 5.73 Å². The van der Waals surface area contributed by atoms with E-state index in [2.05, 4.69) is 0 Å². The first kappa shape index (κ1) is 19.8. The molecule has 0 aromatic heterocycles. The second kappa shape index (κ2) is 7.24. The molecule has 1 saturated carbocycles. The lowest BCUT2D eigenvalue weighted by atomic mass is 9.59. The van der Waals surface area contributed by atoms with Gasteiger partial charge in [-0.25, -0.2) is 0 Å². The van der Waals surface area contributed by atoms with Gasteiger partial charge in [0, 0.05) is 24.7 Å². The van der Waals surface area contributed by atoms with E-state index in [1.807, 2.05) is 25.2 Å². The molecule has 27 heavy (non-hydrogen) atoms. The number of halogens is 1. The van der Waals surface area contributed by atoms with Crippen molar-refractivity contribution in [1.82, 2.24) is 4.90 Å². The molecule has 6 nitrogen and oxygen atoms in total. The standard InChI is InChI=1S/C13H15ClN2O.C6H6O3S/c1-16-7-8-2-3-9(14)4-11(8)13(12(16)17)5-10(15)6-13;7-10(8,9)6-4-2-1-3-5-6/h2-4,10H,5-7,15H2,1H3;1-5H,(H,7,8,9). The first-order chi connectivity index (χ1) is 12.6. The van der Waals surface area contributed by atoms with Crippen LogP contribution in [0.4, 0.5) is 0 Å². The van der Waals surface area contributed by atoms with Gasteiger partial charge in [-0.15, -0.1) is 0 Å². The van der Waals surface area contributed by atoms with Crippen molar-refractivity contribution in [2.24, 2.45) is 5.73 Å². The molecule has 1 aliphatic carbocycles. The first-order valence-corrected chi connectivity index (χ1v) is 10.3. The third kappa shape index (κ3) is 3.87. The molecule has 1 spiro atoms. The van der Waals surface area contributed by atoms with Gasteiger partial charge in [0.1, 0.15) is 0 Å². The van der Waals surface area contributed by atoms with Crippen LogP contribution in [-0.2, 0) is 26.9 Å². The predicted molar refractivity (Wildman–Crippen MR) is 103 cm³/mol.